The SMILES string of the molecule is O=C(C=Cc1ccc([C@@H]2CCCN2CC2CC2)cc1)NO. The zero-order valence-corrected chi connectivity index (χ0v) is 12.2. The average molecular weight is 286 g/mol. The van der Waals surface area contributed by atoms with Crippen LogP contribution in [0.3, 0.4) is 0 Å². The fourth-order valence-electron chi connectivity index (χ4n) is 3.09. The van der Waals surface area contributed by atoms with E-state index in [4.69, 9.17) is 5.21 Å². The smallest absolute Gasteiger partial charge is 0.267 e. The Morgan fingerprint density at radius 2 is 2.05 bits per heavy atom. The molecule has 2 N–H and O–H groups in total. The Morgan fingerprint density at radius 3 is 2.71 bits per heavy atom. The van der Waals surface area contributed by atoms with Crippen molar-refractivity contribution in [1.29, 1.82) is 0 Å². The van der Waals surface area contributed by atoms with Crippen LogP contribution in [0.25, 0.3) is 6.08 Å². The molecular formula is C17H22N2O2. The van der Waals surface area contributed by atoms with Crippen LogP contribution in [-0.4, -0.2) is 29.1 Å². The molecule has 0 aromatic heterocycles. The molecule has 3 rings (SSSR count). The van der Waals surface area contributed by atoms with Crippen LogP contribution in [0.5, 0.6) is 0 Å². The Morgan fingerprint density at radius 1 is 1.29 bits per heavy atom. The normalized spacial score (nSPS) is 22.8. The summed E-state index contributed by atoms with van der Waals surface area (Å²) in [5.74, 6) is 0.426. The van der Waals surface area contributed by atoms with E-state index in [0.29, 0.717) is 6.04 Å². The second kappa shape index (κ2) is 6.41. The van der Waals surface area contributed by atoms with Crippen LogP contribution in [-0.2, 0) is 4.79 Å². The van der Waals surface area contributed by atoms with Gasteiger partial charge in [-0.1, -0.05) is 24.3 Å². The van der Waals surface area contributed by atoms with Gasteiger partial charge in [0.2, 0.25) is 0 Å². The summed E-state index contributed by atoms with van der Waals surface area (Å²) in [4.78, 5) is 13.6. The van der Waals surface area contributed by atoms with Crippen molar-refractivity contribution in [3.05, 3.63) is 41.5 Å². The molecule has 1 amide bonds. The summed E-state index contributed by atoms with van der Waals surface area (Å²) >= 11 is 0. The number of hydrogen-bond acceptors (Lipinski definition) is 3. The highest BCUT2D eigenvalue weighted by Crippen LogP contribution is 2.37. The van der Waals surface area contributed by atoms with Crippen LogP contribution in [0, 0.1) is 5.92 Å². The maximum absolute atomic E-state index is 11.0. The quantitative estimate of drug-likeness (QED) is 0.497. The van der Waals surface area contributed by atoms with E-state index in [0.717, 1.165) is 11.5 Å². The van der Waals surface area contributed by atoms with Crippen LogP contribution >= 0.6 is 0 Å². The molecule has 4 nitrogen and oxygen atoms in total. The van der Waals surface area contributed by atoms with E-state index in [2.05, 4.69) is 17.0 Å². The van der Waals surface area contributed by atoms with Crippen molar-refractivity contribution in [1.82, 2.24) is 10.4 Å². The predicted molar refractivity (Wildman–Crippen MR) is 81.7 cm³/mol. The van der Waals surface area contributed by atoms with Crippen molar-refractivity contribution in [3.63, 3.8) is 0 Å². The van der Waals surface area contributed by atoms with Gasteiger partial charge in [0.05, 0.1) is 0 Å². The molecule has 1 saturated heterocycles. The molecule has 0 radical (unpaired) electrons. The van der Waals surface area contributed by atoms with Crippen molar-refractivity contribution < 1.29 is 10.0 Å². The van der Waals surface area contributed by atoms with E-state index < -0.39 is 5.91 Å². The summed E-state index contributed by atoms with van der Waals surface area (Å²) in [6, 6.07) is 8.94. The zero-order valence-electron chi connectivity index (χ0n) is 12.2. The number of rotatable bonds is 5. The molecule has 2 fully saturated rings. The highest BCUT2D eigenvalue weighted by Gasteiger charge is 2.31. The fraction of sp³-hybridized carbons (Fsp3) is 0.471. The minimum absolute atomic E-state index is 0.509. The van der Waals surface area contributed by atoms with Gasteiger partial charge < -0.3 is 0 Å². The third kappa shape index (κ3) is 3.71. The van der Waals surface area contributed by atoms with Crippen LogP contribution in [0.15, 0.2) is 30.3 Å². The number of hydroxylamine groups is 1. The van der Waals surface area contributed by atoms with Crippen molar-refractivity contribution in [2.45, 2.75) is 31.7 Å². The molecule has 0 bridgehead atoms. The Balaban J connectivity index is 1.65. The molecule has 1 aliphatic heterocycles. The number of nitrogens with zero attached hydrogens (tertiary/aromatic N) is 1. The van der Waals surface area contributed by atoms with Gasteiger partial charge in [0.15, 0.2) is 0 Å². The summed E-state index contributed by atoms with van der Waals surface area (Å²) < 4.78 is 0. The molecule has 1 saturated carbocycles. The Bertz CT molecular complexity index is 520. The predicted octanol–water partition coefficient (Wildman–Crippen LogP) is 2.75. The maximum atomic E-state index is 11.0. The number of likely N-dealkylation sites (tertiary alicyclic amines) is 1. The van der Waals surface area contributed by atoms with Gasteiger partial charge in [0, 0.05) is 18.7 Å². The second-order valence-corrected chi connectivity index (χ2v) is 6.07. The lowest BCUT2D eigenvalue weighted by molar-refractivity contribution is -0.124. The van der Waals surface area contributed by atoms with Gasteiger partial charge >= 0.3 is 0 Å². The summed E-state index contributed by atoms with van der Waals surface area (Å²) in [5.41, 5.74) is 3.93. The molecule has 0 unspecified atom stereocenters. The number of carbonyl (C=O) groups is 1. The van der Waals surface area contributed by atoms with Crippen molar-refractivity contribution in [3.8, 4) is 0 Å². The minimum atomic E-state index is -0.509. The fourth-order valence-corrected chi connectivity index (χ4v) is 3.09. The molecule has 0 spiro atoms. The Hall–Kier alpha value is -1.65. The molecule has 1 aromatic carbocycles. The molecule has 1 atom stereocenters. The topological polar surface area (TPSA) is 52.6 Å². The van der Waals surface area contributed by atoms with Gasteiger partial charge in [0.1, 0.15) is 0 Å². The number of nitrogens with one attached hydrogen (secondary N) is 1. The molecule has 1 heterocycles. The number of hydrogen-bond donors (Lipinski definition) is 2. The monoisotopic (exact) mass is 286 g/mol. The van der Waals surface area contributed by atoms with E-state index >= 15 is 0 Å². The third-order valence-electron chi connectivity index (χ3n) is 4.41. The summed E-state index contributed by atoms with van der Waals surface area (Å²) in [6.45, 7) is 2.47. The standard InChI is InChI=1S/C17H22N2O2/c20-17(18-21)10-7-13-5-8-15(9-6-13)16-2-1-11-19(16)12-14-3-4-14/h5-10,14,16,21H,1-4,11-12H2,(H,18,20)/t16-/m0/s1. The highest BCUT2D eigenvalue weighted by atomic mass is 16.5. The molecule has 112 valence electrons. The first kappa shape index (κ1) is 14.3. The lowest BCUT2D eigenvalue weighted by Gasteiger charge is -2.24. The third-order valence-corrected chi connectivity index (χ3v) is 4.41. The van der Waals surface area contributed by atoms with E-state index in [1.807, 2.05) is 12.1 Å². The molecule has 2 aliphatic rings. The van der Waals surface area contributed by atoms with E-state index in [1.165, 1.54) is 50.4 Å². The average Bonchev–Trinajstić information content (AvgIpc) is 3.21. The van der Waals surface area contributed by atoms with Crippen molar-refractivity contribution >= 4 is 12.0 Å². The molecule has 21 heavy (non-hydrogen) atoms. The number of carbonyl (C=O) groups excluding carboxylic acids is 1. The van der Waals surface area contributed by atoms with Crippen LogP contribution in [0.2, 0.25) is 0 Å². The van der Waals surface area contributed by atoms with Crippen LogP contribution < -0.4 is 5.48 Å². The van der Waals surface area contributed by atoms with Crippen LogP contribution in [0.1, 0.15) is 42.9 Å². The first-order valence-electron chi connectivity index (χ1n) is 7.72. The van der Waals surface area contributed by atoms with Gasteiger partial charge in [0.25, 0.3) is 5.91 Å². The largest absolute Gasteiger partial charge is 0.296 e. The summed E-state index contributed by atoms with van der Waals surface area (Å²) in [5, 5.41) is 8.45. The second-order valence-electron chi connectivity index (χ2n) is 6.07. The van der Waals surface area contributed by atoms with Gasteiger partial charge in [-0.2, -0.15) is 0 Å². The first-order valence-corrected chi connectivity index (χ1v) is 7.72. The highest BCUT2D eigenvalue weighted by molar-refractivity contribution is 5.90. The van der Waals surface area contributed by atoms with Gasteiger partial charge in [-0.05, 0) is 55.3 Å². The minimum Gasteiger partial charge on any atom is -0.296 e. The zero-order chi connectivity index (χ0) is 14.7. The molecule has 1 aliphatic carbocycles. The van der Waals surface area contributed by atoms with Crippen LogP contribution in [0.4, 0.5) is 0 Å². The molecular weight excluding hydrogens is 264 g/mol. The van der Waals surface area contributed by atoms with Crippen molar-refractivity contribution in [2.75, 3.05) is 13.1 Å². The maximum Gasteiger partial charge on any atom is 0.267 e. The first-order chi connectivity index (χ1) is 10.3. The van der Waals surface area contributed by atoms with E-state index in [1.54, 1.807) is 11.6 Å². The van der Waals surface area contributed by atoms with Gasteiger partial charge in [-0.25, -0.2) is 5.48 Å². The number of amides is 1. The Kier molecular flexibility index (Phi) is 4.36. The van der Waals surface area contributed by atoms with Crippen molar-refractivity contribution in [2.24, 2.45) is 5.92 Å². The van der Waals surface area contributed by atoms with Gasteiger partial charge in [-0.3, -0.25) is 14.9 Å². The van der Waals surface area contributed by atoms with E-state index in [9.17, 15) is 4.79 Å². The molecule has 4 heteroatoms. The van der Waals surface area contributed by atoms with E-state index in [-0.39, 0.29) is 0 Å². The lowest BCUT2D eigenvalue weighted by Crippen LogP contribution is -2.25. The lowest BCUT2D eigenvalue weighted by atomic mass is 10.0. The summed E-state index contributed by atoms with van der Waals surface area (Å²) in [7, 11) is 0. The Labute approximate surface area is 125 Å². The number of benzene rings is 1. The molecule has 1 aromatic rings. The van der Waals surface area contributed by atoms with Gasteiger partial charge in [-0.15, -0.1) is 0 Å². The summed E-state index contributed by atoms with van der Waals surface area (Å²) in [6.07, 6.45) is 8.36.